The van der Waals surface area contributed by atoms with E-state index in [1.165, 1.54) is 24.3 Å². The largest absolute Gasteiger partial charge is 0.393 e. The Balaban J connectivity index is 1.68. The van der Waals surface area contributed by atoms with Crippen molar-refractivity contribution in [2.75, 3.05) is 18.0 Å². The van der Waals surface area contributed by atoms with Gasteiger partial charge >= 0.3 is 0 Å². The van der Waals surface area contributed by atoms with Crippen LogP contribution in [-0.2, 0) is 0 Å². The highest BCUT2D eigenvalue weighted by Crippen LogP contribution is 2.21. The Kier molecular flexibility index (Phi) is 5.24. The van der Waals surface area contributed by atoms with Crippen LogP contribution >= 0.6 is 0 Å². The lowest BCUT2D eigenvalue weighted by molar-refractivity contribution is 0.104. The Morgan fingerprint density at radius 3 is 2.44 bits per heavy atom. The molecule has 0 amide bonds. The maximum atomic E-state index is 13.6. The smallest absolute Gasteiger partial charge is 0.185 e. The number of anilines is 1. The lowest BCUT2D eigenvalue weighted by Crippen LogP contribution is -2.35. The maximum Gasteiger partial charge on any atom is 0.185 e. The molecule has 1 heterocycles. The van der Waals surface area contributed by atoms with E-state index in [-0.39, 0.29) is 17.5 Å². The van der Waals surface area contributed by atoms with E-state index in [0.29, 0.717) is 5.56 Å². The average molecular weight is 343 g/mol. The van der Waals surface area contributed by atoms with Crippen LogP contribution in [0.2, 0.25) is 0 Å². The Bertz CT molecular complexity index is 779. The summed E-state index contributed by atoms with van der Waals surface area (Å²) in [5.74, 6) is -2.18. The zero-order valence-corrected chi connectivity index (χ0v) is 13.7. The first-order valence-corrected chi connectivity index (χ1v) is 8.24. The van der Waals surface area contributed by atoms with Crippen LogP contribution in [0.1, 0.15) is 28.8 Å². The van der Waals surface area contributed by atoms with E-state index in [9.17, 15) is 18.7 Å². The summed E-state index contributed by atoms with van der Waals surface area (Å²) in [5.41, 5.74) is 1.52. The first-order valence-electron chi connectivity index (χ1n) is 8.24. The lowest BCUT2D eigenvalue weighted by Gasteiger charge is -2.31. The number of aliphatic hydroxyl groups excluding tert-OH is 1. The highest BCUT2D eigenvalue weighted by molar-refractivity contribution is 6.07. The van der Waals surface area contributed by atoms with Gasteiger partial charge < -0.3 is 10.0 Å². The van der Waals surface area contributed by atoms with Crippen molar-refractivity contribution < 1.29 is 18.7 Å². The minimum absolute atomic E-state index is 0.0387. The van der Waals surface area contributed by atoms with Crippen molar-refractivity contribution in [3.63, 3.8) is 0 Å². The normalized spacial score (nSPS) is 15.7. The molecule has 5 heteroatoms. The molecule has 2 aromatic carbocycles. The number of aliphatic hydroxyl groups is 1. The molecule has 1 aliphatic rings. The van der Waals surface area contributed by atoms with Gasteiger partial charge in [0, 0.05) is 29.9 Å². The van der Waals surface area contributed by atoms with Crippen molar-refractivity contribution in [3.05, 3.63) is 71.3 Å². The monoisotopic (exact) mass is 343 g/mol. The number of allylic oxidation sites excluding steroid dienone is 1. The number of halogens is 2. The van der Waals surface area contributed by atoms with Gasteiger partial charge in [-0.3, -0.25) is 4.79 Å². The molecule has 130 valence electrons. The van der Waals surface area contributed by atoms with Gasteiger partial charge in [-0.1, -0.05) is 12.1 Å². The first kappa shape index (κ1) is 17.3. The van der Waals surface area contributed by atoms with Gasteiger partial charge in [-0.2, -0.15) is 0 Å². The molecule has 2 aromatic rings. The summed E-state index contributed by atoms with van der Waals surface area (Å²) in [7, 11) is 0. The second kappa shape index (κ2) is 7.57. The summed E-state index contributed by atoms with van der Waals surface area (Å²) in [4.78, 5) is 14.4. The van der Waals surface area contributed by atoms with Crippen molar-refractivity contribution in [2.24, 2.45) is 0 Å². The van der Waals surface area contributed by atoms with Gasteiger partial charge in [-0.25, -0.2) is 8.78 Å². The molecule has 3 rings (SSSR count). The van der Waals surface area contributed by atoms with E-state index in [2.05, 4.69) is 4.90 Å². The summed E-state index contributed by atoms with van der Waals surface area (Å²) in [6.45, 7) is 1.57. The molecule has 1 saturated heterocycles. The van der Waals surface area contributed by atoms with Crippen LogP contribution in [0.5, 0.6) is 0 Å². The highest BCUT2D eigenvalue weighted by Gasteiger charge is 2.17. The Morgan fingerprint density at radius 2 is 1.76 bits per heavy atom. The van der Waals surface area contributed by atoms with Crippen molar-refractivity contribution in [3.8, 4) is 0 Å². The molecule has 1 fully saturated rings. The predicted octanol–water partition coefficient (Wildman–Crippen LogP) is 3.82. The number of carbonyl (C=O) groups excluding carboxylic acids is 1. The number of hydrogen-bond donors (Lipinski definition) is 1. The van der Waals surface area contributed by atoms with E-state index in [1.807, 2.05) is 12.1 Å². The van der Waals surface area contributed by atoms with Crippen LogP contribution in [0.15, 0.2) is 48.5 Å². The van der Waals surface area contributed by atoms with Gasteiger partial charge in [0.2, 0.25) is 0 Å². The third kappa shape index (κ3) is 4.12. The fourth-order valence-electron chi connectivity index (χ4n) is 2.87. The molecule has 0 bridgehead atoms. The molecule has 1 aliphatic heterocycles. The van der Waals surface area contributed by atoms with Crippen molar-refractivity contribution in [1.29, 1.82) is 0 Å². The summed E-state index contributed by atoms with van der Waals surface area (Å²) >= 11 is 0. The van der Waals surface area contributed by atoms with Crippen molar-refractivity contribution in [2.45, 2.75) is 18.9 Å². The molecule has 0 radical (unpaired) electrons. The molecule has 3 nitrogen and oxygen atoms in total. The molecular formula is C20H19F2NO2. The standard InChI is InChI=1S/C20H19F2NO2/c21-18-3-1-2-15(20(18)22)6-9-19(25)14-4-7-16(8-5-14)23-12-10-17(24)11-13-23/h1-9,17,24H,10-13H2/b9-6+. The number of benzene rings is 2. The third-order valence-corrected chi connectivity index (χ3v) is 4.38. The maximum absolute atomic E-state index is 13.6. The van der Waals surface area contributed by atoms with Crippen molar-refractivity contribution >= 4 is 17.5 Å². The number of hydrogen-bond acceptors (Lipinski definition) is 3. The van der Waals surface area contributed by atoms with Crippen LogP contribution in [0, 0.1) is 11.6 Å². The molecule has 0 aromatic heterocycles. The molecular weight excluding hydrogens is 324 g/mol. The SMILES string of the molecule is O=C(/C=C/c1cccc(F)c1F)c1ccc(N2CCC(O)CC2)cc1. The number of ketones is 1. The van der Waals surface area contributed by atoms with Crippen LogP contribution < -0.4 is 4.90 Å². The van der Waals surface area contributed by atoms with E-state index in [1.54, 1.807) is 12.1 Å². The van der Waals surface area contributed by atoms with Crippen LogP contribution in [-0.4, -0.2) is 30.1 Å². The van der Waals surface area contributed by atoms with Crippen LogP contribution in [0.4, 0.5) is 14.5 Å². The molecule has 0 saturated carbocycles. The van der Waals surface area contributed by atoms with E-state index >= 15 is 0 Å². The predicted molar refractivity (Wildman–Crippen MR) is 93.6 cm³/mol. The zero-order chi connectivity index (χ0) is 17.8. The number of nitrogens with zero attached hydrogens (tertiary/aromatic N) is 1. The fourth-order valence-corrected chi connectivity index (χ4v) is 2.87. The quantitative estimate of drug-likeness (QED) is 0.678. The van der Waals surface area contributed by atoms with Crippen LogP contribution in [0.3, 0.4) is 0 Å². The molecule has 25 heavy (non-hydrogen) atoms. The molecule has 0 atom stereocenters. The van der Waals surface area contributed by atoms with Gasteiger partial charge in [0.1, 0.15) is 0 Å². The second-order valence-electron chi connectivity index (χ2n) is 6.11. The molecule has 0 aliphatic carbocycles. The van der Waals surface area contributed by atoms with Crippen molar-refractivity contribution in [1.82, 2.24) is 0 Å². The minimum Gasteiger partial charge on any atom is -0.393 e. The minimum atomic E-state index is -0.964. The molecule has 0 unspecified atom stereocenters. The Morgan fingerprint density at radius 1 is 1.08 bits per heavy atom. The summed E-state index contributed by atoms with van der Waals surface area (Å²) < 4.78 is 26.7. The highest BCUT2D eigenvalue weighted by atomic mass is 19.2. The zero-order valence-electron chi connectivity index (χ0n) is 13.7. The van der Waals surface area contributed by atoms with Gasteiger partial charge in [0.05, 0.1) is 6.10 Å². The number of piperidine rings is 1. The summed E-state index contributed by atoms with van der Waals surface area (Å²) in [6.07, 6.45) is 3.77. The van der Waals surface area contributed by atoms with Gasteiger partial charge in [-0.05, 0) is 55.3 Å². The van der Waals surface area contributed by atoms with E-state index in [4.69, 9.17) is 0 Å². The number of carbonyl (C=O) groups is 1. The third-order valence-electron chi connectivity index (χ3n) is 4.38. The topological polar surface area (TPSA) is 40.5 Å². The summed E-state index contributed by atoms with van der Waals surface area (Å²) in [6, 6.07) is 11.0. The number of rotatable bonds is 4. The second-order valence-corrected chi connectivity index (χ2v) is 6.11. The van der Waals surface area contributed by atoms with E-state index in [0.717, 1.165) is 37.7 Å². The van der Waals surface area contributed by atoms with Gasteiger partial charge in [0.15, 0.2) is 17.4 Å². The van der Waals surface area contributed by atoms with Gasteiger partial charge in [0.25, 0.3) is 0 Å². The lowest BCUT2D eigenvalue weighted by atomic mass is 10.1. The average Bonchev–Trinajstić information content (AvgIpc) is 2.63. The van der Waals surface area contributed by atoms with E-state index < -0.39 is 11.6 Å². The Labute approximate surface area is 145 Å². The Hall–Kier alpha value is -2.53. The summed E-state index contributed by atoms with van der Waals surface area (Å²) in [5, 5.41) is 9.55. The van der Waals surface area contributed by atoms with Crippen LogP contribution in [0.25, 0.3) is 6.08 Å². The first-order chi connectivity index (χ1) is 12.0. The fraction of sp³-hybridized carbons (Fsp3) is 0.250. The molecule has 1 N–H and O–H groups in total. The van der Waals surface area contributed by atoms with Gasteiger partial charge in [-0.15, -0.1) is 0 Å². The molecule has 0 spiro atoms.